The number of nitrogens with zero attached hydrogens (tertiary/aromatic N) is 1. The highest BCUT2D eigenvalue weighted by Crippen LogP contribution is 2.24. The molecule has 1 aliphatic heterocycles. The molecule has 0 bridgehead atoms. The Hall–Kier alpha value is -3.09. The molecule has 0 radical (unpaired) electrons. The SMILES string of the molecule is C=CCOC(=O)c1c(C)cccc1NC(=O)C1CCCN1C(=O)OCC=C. The third-order valence-electron chi connectivity index (χ3n) is 4.18. The summed E-state index contributed by atoms with van der Waals surface area (Å²) in [7, 11) is 0. The lowest BCUT2D eigenvalue weighted by Crippen LogP contribution is -2.43. The van der Waals surface area contributed by atoms with Crippen LogP contribution in [0.2, 0.25) is 0 Å². The highest BCUT2D eigenvalue weighted by molar-refractivity contribution is 6.04. The maximum absolute atomic E-state index is 12.8. The van der Waals surface area contributed by atoms with Gasteiger partial charge in [0.1, 0.15) is 19.3 Å². The third kappa shape index (κ3) is 4.97. The topological polar surface area (TPSA) is 84.9 Å². The number of carbonyl (C=O) groups is 3. The van der Waals surface area contributed by atoms with Crippen LogP contribution in [0.15, 0.2) is 43.5 Å². The first kappa shape index (κ1) is 20.2. The molecule has 1 atom stereocenters. The highest BCUT2D eigenvalue weighted by Gasteiger charge is 2.35. The Bertz CT molecular complexity index is 744. The van der Waals surface area contributed by atoms with Gasteiger partial charge < -0.3 is 14.8 Å². The lowest BCUT2D eigenvalue weighted by atomic mass is 10.1. The molecule has 1 saturated heterocycles. The maximum atomic E-state index is 12.8. The van der Waals surface area contributed by atoms with Crippen molar-refractivity contribution < 1.29 is 23.9 Å². The Labute approximate surface area is 158 Å². The minimum Gasteiger partial charge on any atom is -0.458 e. The lowest BCUT2D eigenvalue weighted by molar-refractivity contribution is -0.120. The third-order valence-corrected chi connectivity index (χ3v) is 4.18. The van der Waals surface area contributed by atoms with Crippen molar-refractivity contribution in [2.24, 2.45) is 0 Å². The minimum atomic E-state index is -0.653. The molecule has 1 fully saturated rings. The van der Waals surface area contributed by atoms with Crippen molar-refractivity contribution in [3.05, 3.63) is 54.6 Å². The monoisotopic (exact) mass is 372 g/mol. The average molecular weight is 372 g/mol. The zero-order chi connectivity index (χ0) is 19.8. The second-order valence-corrected chi connectivity index (χ2v) is 6.09. The number of likely N-dealkylation sites (tertiary alicyclic amines) is 1. The molecule has 0 spiro atoms. The van der Waals surface area contributed by atoms with Crippen molar-refractivity contribution in [3.8, 4) is 0 Å². The summed E-state index contributed by atoms with van der Waals surface area (Å²) in [6, 6.07) is 4.47. The van der Waals surface area contributed by atoms with E-state index in [4.69, 9.17) is 9.47 Å². The van der Waals surface area contributed by atoms with E-state index in [2.05, 4.69) is 18.5 Å². The number of nitrogens with one attached hydrogen (secondary N) is 1. The standard InChI is InChI=1S/C20H24N2O5/c1-4-12-26-19(24)17-14(3)8-6-9-15(17)21-18(23)16-10-7-11-22(16)20(25)27-13-5-2/h4-6,8-9,16H,1-2,7,10-13H2,3H3,(H,21,23). The zero-order valence-electron chi connectivity index (χ0n) is 15.4. The Morgan fingerprint density at radius 3 is 2.63 bits per heavy atom. The van der Waals surface area contributed by atoms with E-state index in [0.29, 0.717) is 30.6 Å². The van der Waals surface area contributed by atoms with Crippen LogP contribution in [0.5, 0.6) is 0 Å². The number of amides is 2. The number of hydrogen-bond donors (Lipinski definition) is 1. The van der Waals surface area contributed by atoms with E-state index in [1.54, 1.807) is 25.1 Å². The van der Waals surface area contributed by atoms with Crippen LogP contribution in [-0.2, 0) is 14.3 Å². The molecule has 0 saturated carbocycles. The summed E-state index contributed by atoms with van der Waals surface area (Å²) in [6.45, 7) is 9.37. The second-order valence-electron chi connectivity index (χ2n) is 6.09. The summed E-state index contributed by atoms with van der Waals surface area (Å²) in [4.78, 5) is 38.6. The van der Waals surface area contributed by atoms with E-state index in [9.17, 15) is 14.4 Å². The van der Waals surface area contributed by atoms with Gasteiger partial charge in [-0.1, -0.05) is 37.4 Å². The Morgan fingerprint density at radius 1 is 1.22 bits per heavy atom. The van der Waals surface area contributed by atoms with Gasteiger partial charge in [0.25, 0.3) is 0 Å². The minimum absolute atomic E-state index is 0.0755. The smallest absolute Gasteiger partial charge is 0.410 e. The summed E-state index contributed by atoms with van der Waals surface area (Å²) < 4.78 is 10.1. The van der Waals surface area contributed by atoms with E-state index < -0.39 is 18.1 Å². The number of carbonyl (C=O) groups excluding carboxylic acids is 3. The molecule has 0 aromatic heterocycles. The average Bonchev–Trinajstić information content (AvgIpc) is 3.14. The summed E-state index contributed by atoms with van der Waals surface area (Å²) in [6.07, 6.45) is 3.61. The van der Waals surface area contributed by atoms with Gasteiger partial charge in [-0.3, -0.25) is 9.69 Å². The molecular formula is C20H24N2O5. The van der Waals surface area contributed by atoms with Crippen LogP contribution in [0.4, 0.5) is 10.5 Å². The first-order chi connectivity index (χ1) is 13.0. The number of aryl methyl sites for hydroxylation is 1. The Morgan fingerprint density at radius 2 is 1.93 bits per heavy atom. The van der Waals surface area contributed by atoms with Gasteiger partial charge in [-0.15, -0.1) is 0 Å². The van der Waals surface area contributed by atoms with Gasteiger partial charge in [0, 0.05) is 6.54 Å². The van der Waals surface area contributed by atoms with Gasteiger partial charge in [-0.2, -0.15) is 0 Å². The van der Waals surface area contributed by atoms with Crippen LogP contribution >= 0.6 is 0 Å². The van der Waals surface area contributed by atoms with Gasteiger partial charge in [-0.25, -0.2) is 9.59 Å². The molecule has 1 N–H and O–H groups in total. The largest absolute Gasteiger partial charge is 0.458 e. The van der Waals surface area contributed by atoms with Crippen molar-refractivity contribution >= 4 is 23.7 Å². The van der Waals surface area contributed by atoms with Crippen LogP contribution in [0.25, 0.3) is 0 Å². The van der Waals surface area contributed by atoms with Crippen LogP contribution in [0.3, 0.4) is 0 Å². The number of benzene rings is 1. The van der Waals surface area contributed by atoms with Gasteiger partial charge in [0.05, 0.1) is 11.3 Å². The highest BCUT2D eigenvalue weighted by atomic mass is 16.6. The molecule has 7 nitrogen and oxygen atoms in total. The number of anilines is 1. The Balaban J connectivity index is 2.16. The first-order valence-electron chi connectivity index (χ1n) is 8.72. The molecule has 0 aliphatic carbocycles. The van der Waals surface area contributed by atoms with E-state index in [-0.39, 0.29) is 24.7 Å². The maximum Gasteiger partial charge on any atom is 0.410 e. The van der Waals surface area contributed by atoms with Crippen LogP contribution in [-0.4, -0.2) is 48.7 Å². The molecule has 1 aromatic carbocycles. The number of hydrogen-bond acceptors (Lipinski definition) is 5. The number of esters is 1. The number of rotatable bonds is 7. The summed E-state index contributed by atoms with van der Waals surface area (Å²) in [5.74, 6) is -0.914. The van der Waals surface area contributed by atoms with Crippen molar-refractivity contribution in [1.82, 2.24) is 4.90 Å². The van der Waals surface area contributed by atoms with Crippen LogP contribution in [0.1, 0.15) is 28.8 Å². The molecular weight excluding hydrogens is 348 g/mol. The van der Waals surface area contributed by atoms with Crippen LogP contribution in [0, 0.1) is 6.92 Å². The molecule has 144 valence electrons. The molecule has 1 aliphatic rings. The van der Waals surface area contributed by atoms with Gasteiger partial charge in [-0.05, 0) is 31.4 Å². The summed E-state index contributed by atoms with van der Waals surface area (Å²) >= 11 is 0. The van der Waals surface area contributed by atoms with E-state index in [0.717, 1.165) is 0 Å². The summed E-state index contributed by atoms with van der Waals surface area (Å²) in [5.41, 5.74) is 1.31. The fourth-order valence-corrected chi connectivity index (χ4v) is 2.94. The lowest BCUT2D eigenvalue weighted by Gasteiger charge is -2.23. The Kier molecular flexibility index (Phi) is 7.16. The molecule has 2 rings (SSSR count). The molecule has 2 amide bonds. The van der Waals surface area contributed by atoms with Gasteiger partial charge in [0.2, 0.25) is 5.91 Å². The molecule has 27 heavy (non-hydrogen) atoms. The molecule has 7 heteroatoms. The van der Waals surface area contributed by atoms with E-state index in [1.165, 1.54) is 17.1 Å². The van der Waals surface area contributed by atoms with Crippen molar-refractivity contribution in [1.29, 1.82) is 0 Å². The first-order valence-corrected chi connectivity index (χ1v) is 8.72. The predicted molar refractivity (Wildman–Crippen MR) is 102 cm³/mol. The molecule has 1 aromatic rings. The van der Waals surface area contributed by atoms with E-state index in [1.807, 2.05) is 0 Å². The fraction of sp³-hybridized carbons (Fsp3) is 0.350. The molecule has 1 heterocycles. The second kappa shape index (κ2) is 9.56. The quantitative estimate of drug-likeness (QED) is 0.587. The van der Waals surface area contributed by atoms with Crippen molar-refractivity contribution in [2.45, 2.75) is 25.8 Å². The predicted octanol–water partition coefficient (Wildman–Crippen LogP) is 3.06. The van der Waals surface area contributed by atoms with Gasteiger partial charge >= 0.3 is 12.1 Å². The van der Waals surface area contributed by atoms with Crippen LogP contribution < -0.4 is 5.32 Å². The van der Waals surface area contributed by atoms with Crippen molar-refractivity contribution in [2.75, 3.05) is 25.1 Å². The zero-order valence-corrected chi connectivity index (χ0v) is 15.4. The van der Waals surface area contributed by atoms with E-state index >= 15 is 0 Å². The van der Waals surface area contributed by atoms with Crippen molar-refractivity contribution in [3.63, 3.8) is 0 Å². The summed E-state index contributed by atoms with van der Waals surface area (Å²) in [5, 5.41) is 2.76. The van der Waals surface area contributed by atoms with Gasteiger partial charge in [0.15, 0.2) is 0 Å². The number of ether oxygens (including phenoxy) is 2. The molecule has 1 unspecified atom stereocenters. The fourth-order valence-electron chi connectivity index (χ4n) is 2.94. The normalized spacial score (nSPS) is 15.7.